The molecule has 0 radical (unpaired) electrons. The van der Waals surface area contributed by atoms with E-state index in [2.05, 4.69) is 24.6 Å². The maximum Gasteiger partial charge on any atom is 0.00681 e. The van der Waals surface area contributed by atoms with Gasteiger partial charge in [-0.15, -0.1) is 0 Å². The van der Waals surface area contributed by atoms with Crippen molar-refractivity contribution < 1.29 is 2.85 Å². The van der Waals surface area contributed by atoms with Crippen LogP contribution in [0.25, 0.3) is 0 Å². The predicted octanol–water partition coefficient (Wildman–Crippen LogP) is 2.64. The molecule has 0 aromatic rings. The molecule has 0 heterocycles. The van der Waals surface area contributed by atoms with E-state index in [-0.39, 0.29) is 2.85 Å². The van der Waals surface area contributed by atoms with Crippen LogP contribution in [0.4, 0.5) is 0 Å². The molecule has 0 amide bonds. The van der Waals surface area contributed by atoms with Crippen LogP contribution in [0.15, 0.2) is 0 Å². The van der Waals surface area contributed by atoms with Crippen LogP contribution in [-0.2, 0) is 0 Å². The minimum atomic E-state index is 0. The molecular formula is C11H30N2. The molecule has 0 unspecified atom stereocenters. The highest BCUT2D eigenvalue weighted by Crippen LogP contribution is 2.17. The van der Waals surface area contributed by atoms with Crippen LogP contribution in [-0.4, -0.2) is 25.7 Å². The zero-order valence-corrected chi connectivity index (χ0v) is 9.69. The zero-order chi connectivity index (χ0) is 10.1. The van der Waals surface area contributed by atoms with E-state index in [0.29, 0.717) is 0 Å². The largest absolute Gasteiger partial charge is 0.317 e. The molecule has 0 aliphatic heterocycles. The van der Waals surface area contributed by atoms with Gasteiger partial charge in [0.05, 0.1) is 0 Å². The first-order valence-corrected chi connectivity index (χ1v) is 5.77. The third kappa shape index (κ3) is 5.27. The summed E-state index contributed by atoms with van der Waals surface area (Å²) in [6.45, 7) is 7.30. The lowest BCUT2D eigenvalue weighted by atomic mass is 9.91. The molecule has 2 heteroatoms. The van der Waals surface area contributed by atoms with Gasteiger partial charge in [0.2, 0.25) is 0 Å². The summed E-state index contributed by atoms with van der Waals surface area (Å²) in [4.78, 5) is 0. The summed E-state index contributed by atoms with van der Waals surface area (Å²) in [5, 5.41) is 6.84. The molecule has 1 aliphatic carbocycles. The van der Waals surface area contributed by atoms with Gasteiger partial charge in [-0.25, -0.2) is 0 Å². The van der Waals surface area contributed by atoms with Crippen LogP contribution in [0, 0.1) is 0 Å². The van der Waals surface area contributed by atoms with Gasteiger partial charge in [0.15, 0.2) is 0 Å². The molecular weight excluding hydrogens is 160 g/mol. The molecule has 0 spiro atoms. The van der Waals surface area contributed by atoms with E-state index in [1.54, 1.807) is 0 Å². The summed E-state index contributed by atoms with van der Waals surface area (Å²) in [5.74, 6) is 0. The second-order valence-corrected chi connectivity index (χ2v) is 3.39. The summed E-state index contributed by atoms with van der Waals surface area (Å²) in [6, 6.07) is 1.58. The SMILES string of the molecule is CC.CCNC1CCC(NC)CC1.[HH].[HH]. The molecule has 2 N–H and O–H groups in total. The smallest absolute Gasteiger partial charge is 0.00681 e. The topological polar surface area (TPSA) is 24.1 Å². The Hall–Kier alpha value is -0.0800. The van der Waals surface area contributed by atoms with Gasteiger partial charge < -0.3 is 10.6 Å². The van der Waals surface area contributed by atoms with Crippen LogP contribution < -0.4 is 10.6 Å². The summed E-state index contributed by atoms with van der Waals surface area (Å²) in [6.07, 6.45) is 5.38. The second-order valence-electron chi connectivity index (χ2n) is 3.39. The third-order valence-corrected chi connectivity index (χ3v) is 2.63. The van der Waals surface area contributed by atoms with Crippen molar-refractivity contribution in [3.05, 3.63) is 0 Å². The fraction of sp³-hybridized carbons (Fsp3) is 1.00. The fourth-order valence-corrected chi connectivity index (χ4v) is 1.87. The lowest BCUT2D eigenvalue weighted by Gasteiger charge is -2.28. The molecule has 1 fully saturated rings. The molecule has 1 rings (SSSR count). The van der Waals surface area contributed by atoms with Crippen molar-refractivity contribution >= 4 is 0 Å². The second kappa shape index (κ2) is 8.52. The molecule has 1 aliphatic rings. The van der Waals surface area contributed by atoms with Crippen molar-refractivity contribution in [3.63, 3.8) is 0 Å². The van der Waals surface area contributed by atoms with Crippen LogP contribution in [0.2, 0.25) is 0 Å². The van der Waals surface area contributed by atoms with E-state index in [4.69, 9.17) is 0 Å². The van der Waals surface area contributed by atoms with Crippen molar-refractivity contribution in [2.75, 3.05) is 13.6 Å². The minimum absolute atomic E-state index is 0. The highest BCUT2D eigenvalue weighted by atomic mass is 14.9. The Morgan fingerprint density at radius 1 is 1.08 bits per heavy atom. The first kappa shape index (κ1) is 12.9. The zero-order valence-electron chi connectivity index (χ0n) is 9.69. The van der Waals surface area contributed by atoms with Gasteiger partial charge in [-0.05, 0) is 39.3 Å². The van der Waals surface area contributed by atoms with Crippen molar-refractivity contribution in [1.82, 2.24) is 10.6 Å². The molecule has 1 saturated carbocycles. The Kier molecular flexibility index (Phi) is 8.46. The van der Waals surface area contributed by atoms with Crippen LogP contribution in [0.5, 0.6) is 0 Å². The summed E-state index contributed by atoms with van der Waals surface area (Å²) in [7, 11) is 2.07. The Morgan fingerprint density at radius 3 is 1.92 bits per heavy atom. The van der Waals surface area contributed by atoms with E-state index < -0.39 is 0 Å². The van der Waals surface area contributed by atoms with Gasteiger partial charge in [0.1, 0.15) is 0 Å². The molecule has 0 saturated heterocycles. The van der Waals surface area contributed by atoms with Crippen LogP contribution >= 0.6 is 0 Å². The normalized spacial score (nSPS) is 27.7. The monoisotopic (exact) mass is 190 g/mol. The lowest BCUT2D eigenvalue weighted by molar-refractivity contribution is 0.322. The Morgan fingerprint density at radius 2 is 1.54 bits per heavy atom. The first-order valence-electron chi connectivity index (χ1n) is 5.77. The van der Waals surface area contributed by atoms with Gasteiger partial charge in [0, 0.05) is 14.9 Å². The van der Waals surface area contributed by atoms with Gasteiger partial charge in [-0.1, -0.05) is 20.8 Å². The van der Waals surface area contributed by atoms with Gasteiger partial charge >= 0.3 is 0 Å². The molecule has 2 nitrogen and oxygen atoms in total. The van der Waals surface area contributed by atoms with Crippen molar-refractivity contribution in [1.29, 1.82) is 0 Å². The van der Waals surface area contributed by atoms with E-state index in [0.717, 1.165) is 18.6 Å². The quantitative estimate of drug-likeness (QED) is 0.715. The van der Waals surface area contributed by atoms with Crippen LogP contribution in [0.1, 0.15) is 49.3 Å². The van der Waals surface area contributed by atoms with E-state index in [1.165, 1.54) is 25.7 Å². The molecule has 84 valence electrons. The van der Waals surface area contributed by atoms with Gasteiger partial charge in [-0.3, -0.25) is 0 Å². The van der Waals surface area contributed by atoms with Crippen molar-refractivity contribution in [2.45, 2.75) is 58.5 Å². The molecule has 13 heavy (non-hydrogen) atoms. The van der Waals surface area contributed by atoms with E-state index >= 15 is 0 Å². The average molecular weight is 190 g/mol. The molecule has 0 aromatic carbocycles. The highest BCUT2D eigenvalue weighted by molar-refractivity contribution is 4.79. The van der Waals surface area contributed by atoms with E-state index in [9.17, 15) is 0 Å². The fourth-order valence-electron chi connectivity index (χ4n) is 1.87. The van der Waals surface area contributed by atoms with Crippen molar-refractivity contribution in [3.8, 4) is 0 Å². The summed E-state index contributed by atoms with van der Waals surface area (Å²) < 4.78 is 0. The van der Waals surface area contributed by atoms with E-state index in [1.807, 2.05) is 13.8 Å². The van der Waals surface area contributed by atoms with Gasteiger partial charge in [-0.2, -0.15) is 0 Å². The molecule has 0 aromatic heterocycles. The average Bonchev–Trinajstić information content (AvgIpc) is 2.23. The first-order chi connectivity index (χ1) is 6.36. The summed E-state index contributed by atoms with van der Waals surface area (Å²) in [5.41, 5.74) is 0. The maximum absolute atomic E-state index is 3.50. The number of hydrogen-bond donors (Lipinski definition) is 2. The standard InChI is InChI=1S/C9H20N2.C2H6.2H2/c1-3-11-9-6-4-8(10-2)5-7-9;1-2;;/h8-11H,3-7H2,1-2H3;1-2H3;2*1H. The number of rotatable bonds is 3. The van der Waals surface area contributed by atoms with Crippen molar-refractivity contribution in [2.24, 2.45) is 0 Å². The maximum atomic E-state index is 3.50. The molecule has 0 bridgehead atoms. The Bertz CT molecular complexity index is 105. The highest BCUT2D eigenvalue weighted by Gasteiger charge is 2.18. The Balaban J connectivity index is -0.000000339. The van der Waals surface area contributed by atoms with Gasteiger partial charge in [0.25, 0.3) is 0 Å². The number of nitrogens with one attached hydrogen (secondary N) is 2. The third-order valence-electron chi connectivity index (χ3n) is 2.63. The molecule has 0 atom stereocenters. The Labute approximate surface area is 86.5 Å². The predicted molar refractivity (Wildman–Crippen MR) is 64.4 cm³/mol. The van der Waals surface area contributed by atoms with Crippen LogP contribution in [0.3, 0.4) is 0 Å². The lowest BCUT2D eigenvalue weighted by Crippen LogP contribution is -2.38. The summed E-state index contributed by atoms with van der Waals surface area (Å²) >= 11 is 0. The number of hydrogen-bond acceptors (Lipinski definition) is 2. The minimum Gasteiger partial charge on any atom is -0.317 e.